The van der Waals surface area contributed by atoms with Gasteiger partial charge in [-0.1, -0.05) is 283 Å². The molecule has 0 aromatic carbocycles. The maximum atomic E-state index is 11.2. The minimum atomic E-state index is -2.96. The normalized spacial score (nSPS) is 6.81. The van der Waals surface area contributed by atoms with Crippen molar-refractivity contribution >= 4 is 62.0 Å². The molecule has 0 aliphatic heterocycles. The molecule has 0 saturated heterocycles. The van der Waals surface area contributed by atoms with Crippen LogP contribution in [0.25, 0.3) is 0 Å². The Hall–Kier alpha value is 0.655. The van der Waals surface area contributed by atoms with E-state index in [0.717, 1.165) is 33.7 Å². The van der Waals surface area contributed by atoms with Gasteiger partial charge in [-0.05, 0) is 67.4 Å². The predicted octanol–water partition coefficient (Wildman–Crippen LogP) is 14.8. The number of carbonyl (C=O) groups is 5. The van der Waals surface area contributed by atoms with Crippen LogP contribution in [0.4, 0.5) is 13.2 Å². The Morgan fingerprint density at radius 2 is 0.536 bits per heavy atom. The van der Waals surface area contributed by atoms with Gasteiger partial charge in [-0.3, -0.25) is 18.8 Å². The van der Waals surface area contributed by atoms with Gasteiger partial charge in [0.2, 0.25) is 0 Å². The van der Waals surface area contributed by atoms with Crippen molar-refractivity contribution < 1.29 is 220 Å². The molecular weight excluding hydrogens is 1420 g/mol. The molecule has 0 saturated carbocycles. The molecule has 0 aromatic heterocycles. The van der Waals surface area contributed by atoms with Crippen LogP contribution in [-0.2, 0) is 63.3 Å². The van der Waals surface area contributed by atoms with E-state index in [2.05, 4.69) is 86.6 Å². The van der Waals surface area contributed by atoms with Crippen molar-refractivity contribution in [3.8, 4) is 0 Å². The number of hydrogen-bond acceptors (Lipinski definition) is 17. The molecule has 17 nitrogen and oxygen atoms in total. The van der Waals surface area contributed by atoms with Gasteiger partial charge in [-0.2, -0.15) is 8.78 Å². The van der Waals surface area contributed by atoms with Gasteiger partial charge in [-0.15, -0.1) is 11.2 Å². The molecule has 610 valence electrons. The molecule has 0 bridgehead atoms. The second kappa shape index (κ2) is 286. The monoisotopic (exact) mass is 1600 g/mol. The van der Waals surface area contributed by atoms with E-state index in [1.54, 1.807) is 55.6 Å². The average Bonchev–Trinajstić information content (AvgIpc) is 3.50. The predicted molar refractivity (Wildman–Crippen MR) is 422 cm³/mol. The van der Waals surface area contributed by atoms with Crippen molar-refractivity contribution in [3.63, 3.8) is 0 Å². The van der Waals surface area contributed by atoms with Crippen LogP contribution in [-0.4, -0.2) is 140 Å². The van der Waals surface area contributed by atoms with E-state index in [9.17, 15) is 33.0 Å². The summed E-state index contributed by atoms with van der Waals surface area (Å²) in [5.74, 6) is -1.32. The van der Waals surface area contributed by atoms with Crippen LogP contribution in [0.1, 0.15) is 335 Å². The van der Waals surface area contributed by atoms with Gasteiger partial charge in [0.1, 0.15) is 12.6 Å². The summed E-state index contributed by atoms with van der Waals surface area (Å²) in [4.78, 5) is 45.8. The number of rotatable bonds is 6. The van der Waals surface area contributed by atoms with Crippen LogP contribution in [0.5, 0.6) is 0 Å². The molecule has 0 heterocycles. The number of allylic oxidation sites excluding steroid dienone is 4. The van der Waals surface area contributed by atoms with E-state index < -0.39 is 37.5 Å². The van der Waals surface area contributed by atoms with E-state index in [1.165, 1.54) is 113 Å². The number of aliphatic hydroxyl groups is 1. The third-order valence-electron chi connectivity index (χ3n) is 3.80. The number of unbranched alkanes of at least 4 members (excludes halogenated alkanes) is 5. The Kier molecular flexibility index (Phi) is 604. The smallest absolute Gasteiger partial charge is 0.850 e. The third kappa shape index (κ3) is 3120. The molecule has 0 rings (SSSR count). The number of carboxylic acids is 1. The first-order chi connectivity index (χ1) is 42.4. The molecule has 26 heteroatoms. The van der Waals surface area contributed by atoms with Gasteiger partial charge in [0.15, 0.2) is 5.05 Å². The van der Waals surface area contributed by atoms with Crippen molar-refractivity contribution in [2.24, 2.45) is 0 Å². The molecule has 0 amide bonds. The largest absolute Gasteiger partial charge is 1.00 e. The Bertz CT molecular complexity index is 921. The molecule has 0 aliphatic carbocycles. The van der Waals surface area contributed by atoms with Crippen molar-refractivity contribution in [1.82, 2.24) is 0 Å². The molecule has 97 heavy (non-hydrogen) atoms. The Morgan fingerprint density at radius 1 is 0.464 bits per heavy atom. The summed E-state index contributed by atoms with van der Waals surface area (Å²) in [6.45, 7) is 74.9. The van der Waals surface area contributed by atoms with Gasteiger partial charge in [0.25, 0.3) is 5.97 Å². The topological polar surface area (TPSA) is 290 Å². The molecule has 0 fully saturated rings. The van der Waals surface area contributed by atoms with Crippen LogP contribution in [0.2, 0.25) is 13.6 Å². The Balaban J connectivity index is -0.0000000162. The van der Waals surface area contributed by atoms with Crippen molar-refractivity contribution in [2.75, 3.05) is 42.7 Å². The van der Waals surface area contributed by atoms with Crippen molar-refractivity contribution in [3.05, 3.63) is 31.7 Å². The summed E-state index contributed by atoms with van der Waals surface area (Å²) in [6, 6.07) is 0. The van der Waals surface area contributed by atoms with Crippen LogP contribution >= 0.6 is 12.2 Å². The number of esters is 2. The number of aliphatic hydroxyl groups excluding tert-OH is 1. The summed E-state index contributed by atoms with van der Waals surface area (Å²) >= 11 is 4.47. The Morgan fingerprint density at radius 3 is 0.536 bits per heavy atom. The first kappa shape index (κ1) is 205. The van der Waals surface area contributed by atoms with Gasteiger partial charge in [0, 0.05) is 69.3 Å². The maximum absolute atomic E-state index is 11.2. The second-order valence-electron chi connectivity index (χ2n) is 15.3. The van der Waals surface area contributed by atoms with Gasteiger partial charge >= 0.3 is 135 Å². The van der Waals surface area contributed by atoms with Crippen LogP contribution in [0.15, 0.2) is 24.3 Å². The van der Waals surface area contributed by atoms with Crippen LogP contribution in [0.3, 0.4) is 0 Å². The molecule has 0 radical (unpaired) electrons. The van der Waals surface area contributed by atoms with Crippen LogP contribution < -0.4 is 113 Å². The fourth-order valence-electron chi connectivity index (χ4n) is 0.707. The van der Waals surface area contributed by atoms with E-state index in [1.807, 2.05) is 149 Å². The number of carbonyl (C=O) groups excluding carboxylic acids is 4. The SMILES string of the molecule is C.CB(O)O.CB(O)O.CC.CC.CC.CC.CC.CC.CC.CC(=O)O.CC(C)(C)[O-].CC(C)(C)[O-].CC=CC.CC=CC.CC=O.CC=O.CCC.CCCC.CCCCC.CCCCC.CF.CO.COC(C)(F)F.COC(C)=O.COC(C)=O.COC(C)=S.[CH3-].[K+].[K+].[Pd]. The number of carboxylic acid groups (broad SMARTS) is 1. The van der Waals surface area contributed by atoms with E-state index in [0.29, 0.717) is 19.2 Å². The molecule has 0 unspecified atom stereocenters. The van der Waals surface area contributed by atoms with E-state index in [4.69, 9.17) is 44.7 Å². The number of hydrogen-bond donors (Lipinski definition) is 6. The fourth-order valence-corrected chi connectivity index (χ4v) is 0.707. The van der Waals surface area contributed by atoms with E-state index >= 15 is 0 Å². The number of methoxy groups -OCH3 is 4. The number of halogens is 3. The third-order valence-corrected chi connectivity index (χ3v) is 3.97. The Labute approximate surface area is 714 Å². The average molecular weight is 1600 g/mol. The quantitative estimate of drug-likeness (QED) is 0.0360. The summed E-state index contributed by atoms with van der Waals surface area (Å²) in [5.41, 5.74) is -1.50. The molecule has 0 aliphatic rings. The summed E-state index contributed by atoms with van der Waals surface area (Å²) in [6.07, 6.45) is 18.6. The minimum absolute atomic E-state index is 0. The number of thiocarbonyl (C=S) groups is 1. The molecule has 0 aromatic rings. The number of ether oxygens (including phenoxy) is 4. The van der Waals surface area contributed by atoms with Gasteiger partial charge < -0.3 is 76.5 Å². The summed E-state index contributed by atoms with van der Waals surface area (Å²) in [7, 11) is 4.38. The molecule has 0 atom stereocenters. The minimum Gasteiger partial charge on any atom is -0.850 e. The molecular formula is C71H178B2F3K2O17PdS-. The second-order valence-corrected chi connectivity index (χ2v) is 15.9. The number of alkyl halides is 3. The van der Waals surface area contributed by atoms with E-state index in [-0.39, 0.29) is 150 Å². The molecule has 0 spiro atoms. The fraction of sp³-hybridized carbons (Fsp3) is 0.845. The standard InChI is InChI=1S/2C5H12.2C4H9O.C4H10.2C4H8.C3H6F2O.2C3H6O2.C3H6OS.C3H8.C2H4O2.2C2H4O.7C2H6.2CH5BO2.CH3F.CH4O.CH4.CH3.2K.Pd/c2*1-3-5-4-2;2*1-4(2,3)5;3*1-3-4-2;1-3(4,5)6-2;2*1-3(4)5-2;1-3(5)4-2;1-3-2;1-2(3)4;2*1-2-3;7*1-2;2*1-2(3)4;2*1-2;;;;;/h2*3-5H2,1-2H3;2*1-3H3;3-4H2,1-2H3;2*3-4H,1-2H3;1-2H3;3*1-2H3;3H2,1-2H3;1H3,(H,3,4);2*2H,1H3;7*1-2H3;2*3-4H,1H3;1H3;2H,1H3;1H4;1H3;;;/q;;2*-1;;;;;;;;;;;;;;;;;;;;;;;;-1;2*+1;. The maximum Gasteiger partial charge on any atom is 1.00 e. The van der Waals surface area contributed by atoms with Gasteiger partial charge in [0.05, 0.1) is 28.5 Å². The zero-order valence-corrected chi connectivity index (χ0v) is 82.1. The van der Waals surface area contributed by atoms with Crippen molar-refractivity contribution in [1.29, 1.82) is 0 Å². The van der Waals surface area contributed by atoms with Crippen LogP contribution in [0, 0.1) is 7.43 Å². The summed E-state index contributed by atoms with van der Waals surface area (Å²) in [5, 5.41) is 65.7. The number of aldehydes is 2. The van der Waals surface area contributed by atoms with Crippen molar-refractivity contribution in [2.45, 2.75) is 366 Å². The molecule has 6 N–H and O–H groups in total. The first-order valence-corrected chi connectivity index (χ1v) is 33.0. The summed E-state index contributed by atoms with van der Waals surface area (Å²) < 4.78 is 48.3. The zero-order chi connectivity index (χ0) is 82.4. The number of aliphatic carboxylic acids is 1. The first-order valence-electron chi connectivity index (χ1n) is 32.5. The van der Waals surface area contributed by atoms with Gasteiger partial charge in [-0.25, -0.2) is 0 Å². The zero-order valence-electron chi connectivity index (χ0n) is 73.5.